The maximum atomic E-state index is 13.0. The second kappa shape index (κ2) is 6.18. The monoisotopic (exact) mass is 299 g/mol. The highest BCUT2D eigenvalue weighted by Gasteiger charge is 2.27. The summed E-state index contributed by atoms with van der Waals surface area (Å²) < 4.78 is 13.0. The SMILES string of the molecule is O=C(Cc1ccc(O)cc1)N1CC[C@H](c2ccc(F)cc2)C1. The van der Waals surface area contributed by atoms with Gasteiger partial charge in [0.1, 0.15) is 11.6 Å². The number of hydrogen-bond donors (Lipinski definition) is 1. The van der Waals surface area contributed by atoms with Gasteiger partial charge in [-0.2, -0.15) is 0 Å². The smallest absolute Gasteiger partial charge is 0.227 e. The number of nitrogens with zero attached hydrogens (tertiary/aromatic N) is 1. The number of halogens is 1. The van der Waals surface area contributed by atoms with E-state index in [1.165, 1.54) is 12.1 Å². The van der Waals surface area contributed by atoms with Crippen LogP contribution < -0.4 is 0 Å². The average molecular weight is 299 g/mol. The predicted octanol–water partition coefficient (Wildman–Crippen LogP) is 3.09. The van der Waals surface area contributed by atoms with Crippen molar-refractivity contribution in [3.05, 3.63) is 65.5 Å². The summed E-state index contributed by atoms with van der Waals surface area (Å²) in [6.45, 7) is 1.42. The van der Waals surface area contributed by atoms with Gasteiger partial charge >= 0.3 is 0 Å². The van der Waals surface area contributed by atoms with Gasteiger partial charge in [-0.3, -0.25) is 4.79 Å². The molecule has 3 rings (SSSR count). The van der Waals surface area contributed by atoms with Crippen LogP contribution in [0.3, 0.4) is 0 Å². The van der Waals surface area contributed by atoms with Crippen LogP contribution in [0.5, 0.6) is 5.75 Å². The number of hydrogen-bond acceptors (Lipinski definition) is 2. The lowest BCUT2D eigenvalue weighted by atomic mass is 9.99. The molecule has 1 aliphatic rings. The van der Waals surface area contributed by atoms with Crippen LogP contribution in [0.25, 0.3) is 0 Å². The number of likely N-dealkylation sites (tertiary alicyclic amines) is 1. The van der Waals surface area contributed by atoms with Gasteiger partial charge in [-0.1, -0.05) is 24.3 Å². The minimum Gasteiger partial charge on any atom is -0.508 e. The van der Waals surface area contributed by atoms with Gasteiger partial charge in [0.25, 0.3) is 0 Å². The molecule has 1 heterocycles. The highest BCUT2D eigenvalue weighted by molar-refractivity contribution is 5.79. The molecule has 1 amide bonds. The van der Waals surface area contributed by atoms with Crippen LogP contribution >= 0.6 is 0 Å². The van der Waals surface area contributed by atoms with E-state index in [4.69, 9.17) is 0 Å². The molecule has 3 nitrogen and oxygen atoms in total. The van der Waals surface area contributed by atoms with Crippen LogP contribution in [0, 0.1) is 5.82 Å². The van der Waals surface area contributed by atoms with Crippen LogP contribution in [0.4, 0.5) is 4.39 Å². The molecule has 1 saturated heterocycles. The van der Waals surface area contributed by atoms with Crippen molar-refractivity contribution in [3.63, 3.8) is 0 Å². The first-order valence-corrected chi connectivity index (χ1v) is 7.43. The molecule has 1 N–H and O–H groups in total. The van der Waals surface area contributed by atoms with Crippen molar-refractivity contribution in [1.82, 2.24) is 4.90 Å². The molecule has 0 radical (unpaired) electrons. The Balaban J connectivity index is 1.61. The fourth-order valence-electron chi connectivity index (χ4n) is 2.89. The molecule has 0 bridgehead atoms. The number of phenolic OH excluding ortho intramolecular Hbond substituents is 1. The van der Waals surface area contributed by atoms with Gasteiger partial charge in [0.15, 0.2) is 0 Å². The Morgan fingerprint density at radius 3 is 2.50 bits per heavy atom. The van der Waals surface area contributed by atoms with Crippen molar-refractivity contribution in [3.8, 4) is 5.75 Å². The standard InChI is InChI=1S/C18H18FNO2/c19-16-5-3-14(4-6-16)15-9-10-20(12-15)18(22)11-13-1-7-17(21)8-2-13/h1-8,15,21H,9-12H2/t15-/m0/s1. The van der Waals surface area contributed by atoms with Crippen LogP contribution in [-0.2, 0) is 11.2 Å². The largest absolute Gasteiger partial charge is 0.508 e. The molecule has 2 aromatic rings. The molecule has 0 unspecified atom stereocenters. The molecule has 0 saturated carbocycles. The molecular weight excluding hydrogens is 281 g/mol. The van der Waals surface area contributed by atoms with E-state index in [0.29, 0.717) is 13.0 Å². The molecule has 114 valence electrons. The zero-order valence-electron chi connectivity index (χ0n) is 12.2. The summed E-state index contributed by atoms with van der Waals surface area (Å²) in [5.74, 6) is 0.343. The maximum Gasteiger partial charge on any atom is 0.227 e. The maximum absolute atomic E-state index is 13.0. The van der Waals surface area contributed by atoms with E-state index < -0.39 is 0 Å². The topological polar surface area (TPSA) is 40.5 Å². The average Bonchev–Trinajstić information content (AvgIpc) is 3.00. The second-order valence-corrected chi connectivity index (χ2v) is 5.72. The second-order valence-electron chi connectivity index (χ2n) is 5.72. The molecule has 0 spiro atoms. The Morgan fingerprint density at radius 1 is 1.14 bits per heavy atom. The van der Waals surface area contributed by atoms with Crippen LogP contribution in [0.2, 0.25) is 0 Å². The van der Waals surface area contributed by atoms with Gasteiger partial charge in [-0.15, -0.1) is 0 Å². The van der Waals surface area contributed by atoms with Gasteiger partial charge in [0.05, 0.1) is 6.42 Å². The number of aromatic hydroxyl groups is 1. The summed E-state index contributed by atoms with van der Waals surface area (Å²) in [5.41, 5.74) is 1.98. The van der Waals surface area contributed by atoms with Crippen molar-refractivity contribution in [2.24, 2.45) is 0 Å². The summed E-state index contributed by atoms with van der Waals surface area (Å²) >= 11 is 0. The third-order valence-corrected chi connectivity index (χ3v) is 4.17. The molecule has 0 aliphatic carbocycles. The third-order valence-electron chi connectivity index (χ3n) is 4.17. The van der Waals surface area contributed by atoms with E-state index in [-0.39, 0.29) is 23.4 Å². The first-order valence-electron chi connectivity index (χ1n) is 7.43. The van der Waals surface area contributed by atoms with Gasteiger partial charge < -0.3 is 10.0 Å². The highest BCUT2D eigenvalue weighted by Crippen LogP contribution is 2.27. The third kappa shape index (κ3) is 3.27. The number of phenols is 1. The first-order chi connectivity index (χ1) is 10.6. The van der Waals surface area contributed by atoms with Crippen molar-refractivity contribution < 1.29 is 14.3 Å². The van der Waals surface area contributed by atoms with Crippen molar-refractivity contribution in [2.45, 2.75) is 18.8 Å². The number of carbonyl (C=O) groups is 1. The minimum atomic E-state index is -0.234. The van der Waals surface area contributed by atoms with Gasteiger partial charge in [-0.05, 0) is 41.8 Å². The summed E-state index contributed by atoms with van der Waals surface area (Å²) in [4.78, 5) is 14.2. The lowest BCUT2D eigenvalue weighted by molar-refractivity contribution is -0.129. The molecular formula is C18H18FNO2. The highest BCUT2D eigenvalue weighted by atomic mass is 19.1. The molecule has 4 heteroatoms. The van der Waals surface area contributed by atoms with Gasteiger partial charge in [-0.25, -0.2) is 4.39 Å². The van der Waals surface area contributed by atoms with Crippen LogP contribution in [-0.4, -0.2) is 29.0 Å². The Hall–Kier alpha value is -2.36. The van der Waals surface area contributed by atoms with Gasteiger partial charge in [0, 0.05) is 19.0 Å². The normalized spacial score (nSPS) is 17.7. The number of rotatable bonds is 3. The number of amides is 1. The zero-order valence-corrected chi connectivity index (χ0v) is 12.2. The summed E-state index contributed by atoms with van der Waals surface area (Å²) in [6, 6.07) is 13.2. The van der Waals surface area contributed by atoms with E-state index in [1.807, 2.05) is 4.90 Å². The van der Waals surface area contributed by atoms with E-state index in [1.54, 1.807) is 36.4 Å². The van der Waals surface area contributed by atoms with E-state index in [9.17, 15) is 14.3 Å². The quantitative estimate of drug-likeness (QED) is 0.946. The fourth-order valence-corrected chi connectivity index (χ4v) is 2.89. The fraction of sp³-hybridized carbons (Fsp3) is 0.278. The molecule has 0 aromatic heterocycles. The zero-order chi connectivity index (χ0) is 15.5. The minimum absolute atomic E-state index is 0.0929. The lowest BCUT2D eigenvalue weighted by Crippen LogP contribution is -2.29. The Labute approximate surface area is 129 Å². The van der Waals surface area contributed by atoms with E-state index in [2.05, 4.69) is 0 Å². The molecule has 1 aliphatic heterocycles. The first kappa shape index (κ1) is 14.6. The summed E-state index contributed by atoms with van der Waals surface area (Å²) in [7, 11) is 0. The van der Waals surface area contributed by atoms with Crippen LogP contribution in [0.15, 0.2) is 48.5 Å². The Bertz CT molecular complexity index is 652. The van der Waals surface area contributed by atoms with Crippen molar-refractivity contribution in [1.29, 1.82) is 0 Å². The Kier molecular flexibility index (Phi) is 4.09. The summed E-state index contributed by atoms with van der Waals surface area (Å²) in [6.07, 6.45) is 1.25. The predicted molar refractivity (Wildman–Crippen MR) is 82.1 cm³/mol. The van der Waals surface area contributed by atoms with Crippen LogP contribution in [0.1, 0.15) is 23.5 Å². The summed E-state index contributed by atoms with van der Waals surface area (Å²) in [5, 5.41) is 9.26. The van der Waals surface area contributed by atoms with E-state index in [0.717, 1.165) is 24.1 Å². The lowest BCUT2D eigenvalue weighted by Gasteiger charge is -2.17. The molecule has 1 fully saturated rings. The molecule has 22 heavy (non-hydrogen) atoms. The molecule has 1 atom stereocenters. The van der Waals surface area contributed by atoms with Gasteiger partial charge in [0.2, 0.25) is 5.91 Å². The van der Waals surface area contributed by atoms with E-state index >= 15 is 0 Å². The number of benzene rings is 2. The van der Waals surface area contributed by atoms with Crippen molar-refractivity contribution in [2.75, 3.05) is 13.1 Å². The Morgan fingerprint density at radius 2 is 1.82 bits per heavy atom. The number of carbonyl (C=O) groups excluding carboxylic acids is 1. The van der Waals surface area contributed by atoms with Crippen molar-refractivity contribution >= 4 is 5.91 Å². The molecule has 2 aromatic carbocycles.